The van der Waals surface area contributed by atoms with E-state index < -0.39 is 9.89 Å². The van der Waals surface area contributed by atoms with Crippen molar-refractivity contribution in [2.45, 2.75) is 43.3 Å². The summed E-state index contributed by atoms with van der Waals surface area (Å²) in [5.41, 5.74) is 2.59. The fraction of sp³-hybridized carbons (Fsp3) is 0.444. The van der Waals surface area contributed by atoms with E-state index in [2.05, 4.69) is 17.3 Å². The molecule has 1 N–H and O–H groups in total. The maximum absolute atomic E-state index is 12.1. The van der Waals surface area contributed by atoms with Crippen LogP contribution in [0.3, 0.4) is 0 Å². The Balaban J connectivity index is 2.31. The van der Waals surface area contributed by atoms with Crippen molar-refractivity contribution >= 4 is 40.9 Å². The van der Waals surface area contributed by atoms with Gasteiger partial charge in [-0.15, -0.1) is 0 Å². The van der Waals surface area contributed by atoms with Crippen LogP contribution in [0.1, 0.15) is 39.0 Å². The van der Waals surface area contributed by atoms with Crippen molar-refractivity contribution in [1.29, 1.82) is 0 Å². The van der Waals surface area contributed by atoms with Gasteiger partial charge in [-0.05, 0) is 24.1 Å². The number of carbonyl (C=O) groups is 1. The maximum atomic E-state index is 12.1. The van der Waals surface area contributed by atoms with Crippen LogP contribution in [0.25, 0.3) is 5.69 Å². The second kappa shape index (κ2) is 8.07. The van der Waals surface area contributed by atoms with Crippen molar-refractivity contribution in [2.24, 2.45) is 0 Å². The summed E-state index contributed by atoms with van der Waals surface area (Å²) in [6, 6.07) is 9.64. The molecule has 1 heterocycles. The Kier molecular flexibility index (Phi) is 6.48. The summed E-state index contributed by atoms with van der Waals surface area (Å²) in [5.74, 6) is 0.293. The molecule has 26 heavy (non-hydrogen) atoms. The molecule has 0 aliphatic rings. The molecular weight excluding hydrogens is 397 g/mol. The monoisotopic (exact) mass is 417 g/mol. The zero-order valence-corrected chi connectivity index (χ0v) is 17.4. The van der Waals surface area contributed by atoms with E-state index >= 15 is 0 Å². The summed E-state index contributed by atoms with van der Waals surface area (Å²) in [6.07, 6.45) is 0.221. The first-order valence-electron chi connectivity index (χ1n) is 8.22. The van der Waals surface area contributed by atoms with Gasteiger partial charge >= 0.3 is 6.09 Å². The number of aryl methyl sites for hydroxylation is 1. The van der Waals surface area contributed by atoms with E-state index in [1.54, 1.807) is 10.7 Å². The number of hydrogen-bond acceptors (Lipinski definition) is 3. The van der Waals surface area contributed by atoms with Gasteiger partial charge in [0.15, 0.2) is 0 Å². The second-order valence-corrected chi connectivity index (χ2v) is 9.42. The van der Waals surface area contributed by atoms with Gasteiger partial charge in [-0.2, -0.15) is 5.10 Å². The molecule has 0 aliphatic carbocycles. The lowest BCUT2D eigenvalue weighted by Crippen LogP contribution is -2.34. The van der Waals surface area contributed by atoms with E-state index in [9.17, 15) is 4.79 Å². The number of rotatable bonds is 4. The van der Waals surface area contributed by atoms with Crippen LogP contribution in [0.4, 0.5) is 4.79 Å². The molecule has 2 aromatic rings. The highest BCUT2D eigenvalue weighted by molar-refractivity contribution is 6.67. The van der Waals surface area contributed by atoms with E-state index in [-0.39, 0.29) is 12.0 Å². The molecular formula is C18H22Cl3N3O2. The number of aromatic nitrogens is 2. The highest BCUT2D eigenvalue weighted by atomic mass is 35.6. The van der Waals surface area contributed by atoms with Crippen LogP contribution in [0.15, 0.2) is 30.3 Å². The zero-order chi connectivity index (χ0) is 19.5. The Hall–Kier alpha value is -1.43. The number of benzene rings is 1. The SMILES string of the molecule is CCc1ccc(-n2nc(C(C)(C)C)cc2OC(=O)NCC(Cl)(Cl)Cl)cc1. The lowest BCUT2D eigenvalue weighted by molar-refractivity contribution is 0.197. The molecule has 0 spiro atoms. The number of ether oxygens (including phenoxy) is 1. The van der Waals surface area contributed by atoms with Crippen LogP contribution in [-0.4, -0.2) is 26.2 Å². The van der Waals surface area contributed by atoms with E-state index in [4.69, 9.17) is 39.5 Å². The van der Waals surface area contributed by atoms with E-state index in [1.807, 2.05) is 45.0 Å². The predicted octanol–water partition coefficient (Wildman–Crippen LogP) is 5.19. The third-order valence-electron chi connectivity index (χ3n) is 3.66. The topological polar surface area (TPSA) is 56.2 Å². The van der Waals surface area contributed by atoms with E-state index in [1.165, 1.54) is 5.56 Å². The lowest BCUT2D eigenvalue weighted by Gasteiger charge is -2.14. The molecule has 0 fully saturated rings. The number of alkyl halides is 3. The fourth-order valence-electron chi connectivity index (χ4n) is 2.16. The van der Waals surface area contributed by atoms with Gasteiger partial charge in [0.1, 0.15) is 0 Å². The van der Waals surface area contributed by atoms with Crippen LogP contribution < -0.4 is 10.1 Å². The zero-order valence-electron chi connectivity index (χ0n) is 15.1. The molecule has 1 aromatic carbocycles. The van der Waals surface area contributed by atoms with Crippen LogP contribution in [0.2, 0.25) is 0 Å². The minimum absolute atomic E-state index is 0.165. The van der Waals surface area contributed by atoms with Crippen molar-refractivity contribution in [3.63, 3.8) is 0 Å². The summed E-state index contributed by atoms with van der Waals surface area (Å²) in [4.78, 5) is 12.1. The molecule has 142 valence electrons. The van der Waals surface area contributed by atoms with Crippen molar-refractivity contribution < 1.29 is 9.53 Å². The van der Waals surface area contributed by atoms with Gasteiger partial charge in [0.25, 0.3) is 0 Å². The number of carbonyl (C=O) groups excluding carboxylic acids is 1. The van der Waals surface area contributed by atoms with Gasteiger partial charge < -0.3 is 10.1 Å². The first-order chi connectivity index (χ1) is 12.0. The molecule has 5 nitrogen and oxygen atoms in total. The van der Waals surface area contributed by atoms with Crippen LogP contribution in [0.5, 0.6) is 5.88 Å². The Bertz CT molecular complexity index is 759. The molecule has 0 bridgehead atoms. The van der Waals surface area contributed by atoms with Gasteiger partial charge in [-0.1, -0.05) is 74.6 Å². The second-order valence-electron chi connectivity index (χ2n) is 6.91. The maximum Gasteiger partial charge on any atom is 0.414 e. The average Bonchev–Trinajstić information content (AvgIpc) is 2.96. The molecule has 0 atom stereocenters. The summed E-state index contributed by atoms with van der Waals surface area (Å²) in [7, 11) is 0. The number of amides is 1. The minimum atomic E-state index is -1.59. The van der Waals surface area contributed by atoms with Crippen LogP contribution in [-0.2, 0) is 11.8 Å². The summed E-state index contributed by atoms with van der Waals surface area (Å²) < 4.78 is 5.40. The molecule has 0 saturated carbocycles. The molecule has 0 saturated heterocycles. The quantitative estimate of drug-likeness (QED) is 0.695. The predicted molar refractivity (Wildman–Crippen MR) is 106 cm³/mol. The molecule has 1 amide bonds. The standard InChI is InChI=1S/C18H22Cl3N3O2/c1-5-12-6-8-13(9-7-12)24-15(10-14(23-24)17(2,3)4)26-16(25)22-11-18(19,20)21/h6-10H,5,11H2,1-4H3,(H,22,25). The largest absolute Gasteiger partial charge is 0.414 e. The van der Waals surface area contributed by atoms with Crippen molar-refractivity contribution in [1.82, 2.24) is 15.1 Å². The molecule has 8 heteroatoms. The first-order valence-corrected chi connectivity index (χ1v) is 9.35. The van der Waals surface area contributed by atoms with Gasteiger partial charge in [0, 0.05) is 11.5 Å². The normalized spacial score (nSPS) is 12.1. The summed E-state index contributed by atoms with van der Waals surface area (Å²) in [5, 5.41) is 7.02. The Labute approximate surface area is 168 Å². The van der Waals surface area contributed by atoms with E-state index in [0.717, 1.165) is 17.8 Å². The number of nitrogens with one attached hydrogen (secondary N) is 1. The average molecular weight is 419 g/mol. The third kappa shape index (κ3) is 5.79. The minimum Gasteiger partial charge on any atom is -0.391 e. The fourth-order valence-corrected chi connectivity index (χ4v) is 2.36. The van der Waals surface area contributed by atoms with Gasteiger partial charge in [0.05, 0.1) is 17.9 Å². The van der Waals surface area contributed by atoms with Crippen molar-refractivity contribution in [3.8, 4) is 11.6 Å². The van der Waals surface area contributed by atoms with Crippen molar-refractivity contribution in [3.05, 3.63) is 41.6 Å². The van der Waals surface area contributed by atoms with Gasteiger partial charge in [-0.3, -0.25) is 0 Å². The number of halogens is 3. The van der Waals surface area contributed by atoms with Crippen LogP contribution in [0, 0.1) is 0 Å². The van der Waals surface area contributed by atoms with Crippen LogP contribution >= 0.6 is 34.8 Å². The third-order valence-corrected chi connectivity index (χ3v) is 4.07. The van der Waals surface area contributed by atoms with Crippen molar-refractivity contribution in [2.75, 3.05) is 6.54 Å². The van der Waals surface area contributed by atoms with Gasteiger partial charge in [-0.25, -0.2) is 9.48 Å². The molecule has 0 unspecified atom stereocenters. The highest BCUT2D eigenvalue weighted by Crippen LogP contribution is 2.28. The summed E-state index contributed by atoms with van der Waals surface area (Å²) >= 11 is 16.9. The molecule has 1 aromatic heterocycles. The molecule has 0 aliphatic heterocycles. The highest BCUT2D eigenvalue weighted by Gasteiger charge is 2.24. The molecule has 2 rings (SSSR count). The Morgan fingerprint density at radius 2 is 1.81 bits per heavy atom. The Morgan fingerprint density at radius 1 is 1.19 bits per heavy atom. The number of nitrogens with zero attached hydrogens (tertiary/aromatic N) is 2. The number of hydrogen-bond donors (Lipinski definition) is 1. The Morgan fingerprint density at radius 3 is 2.31 bits per heavy atom. The first kappa shape index (κ1) is 20.9. The van der Waals surface area contributed by atoms with E-state index in [0.29, 0.717) is 5.88 Å². The molecule has 0 radical (unpaired) electrons. The summed E-state index contributed by atoms with van der Waals surface area (Å²) in [6.45, 7) is 8.03. The smallest absolute Gasteiger partial charge is 0.391 e. The lowest BCUT2D eigenvalue weighted by atomic mass is 9.93. The van der Waals surface area contributed by atoms with Gasteiger partial charge in [0.2, 0.25) is 9.67 Å².